The number of thiocarbonyl (C=S) groups is 1. The number of hydrazine groups is 1. The van der Waals surface area contributed by atoms with Gasteiger partial charge in [0.1, 0.15) is 11.4 Å². The SMILES string of the molecule is CCN(c1cc2c(c3c1c(=O)c1cc4ccccc4cc1n3C)C1OC(=S)OC1C(C)(C)O2)N(C)C. The third kappa shape index (κ3) is 3.14. The zero-order valence-electron chi connectivity index (χ0n) is 21.3. The molecule has 0 saturated carbocycles. The molecule has 0 N–H and O–H groups in total. The molecule has 2 atom stereocenters. The minimum atomic E-state index is -0.676. The number of nitrogens with zero attached hydrogens (tertiary/aromatic N) is 3. The minimum Gasteiger partial charge on any atom is -0.483 e. The van der Waals surface area contributed by atoms with E-state index >= 15 is 0 Å². The van der Waals surface area contributed by atoms with E-state index in [1.165, 1.54) is 0 Å². The van der Waals surface area contributed by atoms with Crippen LogP contribution in [0.4, 0.5) is 5.69 Å². The molecule has 186 valence electrons. The van der Waals surface area contributed by atoms with Gasteiger partial charge in [0.25, 0.3) is 0 Å². The summed E-state index contributed by atoms with van der Waals surface area (Å²) in [4.78, 5) is 14.3. The summed E-state index contributed by atoms with van der Waals surface area (Å²) in [5.74, 6) is 0.674. The Morgan fingerprint density at radius 1 is 1.08 bits per heavy atom. The van der Waals surface area contributed by atoms with Crippen LogP contribution >= 0.6 is 12.2 Å². The first-order valence-corrected chi connectivity index (χ1v) is 12.6. The second-order valence-corrected chi connectivity index (χ2v) is 10.6. The van der Waals surface area contributed by atoms with E-state index in [-0.39, 0.29) is 10.7 Å². The number of hydrogen-bond acceptors (Lipinski definition) is 7. The van der Waals surface area contributed by atoms with Crippen molar-refractivity contribution in [3.05, 3.63) is 58.3 Å². The topological polar surface area (TPSA) is 56.2 Å². The maximum Gasteiger partial charge on any atom is 0.353 e. The van der Waals surface area contributed by atoms with Crippen molar-refractivity contribution in [3.8, 4) is 5.75 Å². The number of hydrogen-bond donors (Lipinski definition) is 0. The van der Waals surface area contributed by atoms with Crippen molar-refractivity contribution in [1.29, 1.82) is 0 Å². The lowest BCUT2D eigenvalue weighted by Gasteiger charge is -2.40. The first-order valence-electron chi connectivity index (χ1n) is 12.2. The van der Waals surface area contributed by atoms with Gasteiger partial charge in [-0.15, -0.1) is 0 Å². The summed E-state index contributed by atoms with van der Waals surface area (Å²) in [7, 11) is 5.94. The fraction of sp³-hybridized carbons (Fsp3) is 0.357. The largest absolute Gasteiger partial charge is 0.483 e. The minimum absolute atomic E-state index is 0.0233. The molecule has 4 aromatic rings. The summed E-state index contributed by atoms with van der Waals surface area (Å²) in [6.07, 6.45) is -0.907. The third-order valence-electron chi connectivity index (χ3n) is 7.44. The molecule has 6 rings (SSSR count). The molecule has 2 aliphatic heterocycles. The molecule has 8 heteroatoms. The van der Waals surface area contributed by atoms with Crippen LogP contribution in [0.15, 0.2) is 47.3 Å². The van der Waals surface area contributed by atoms with Gasteiger partial charge < -0.3 is 23.8 Å². The molecular formula is C28H29N3O4S. The van der Waals surface area contributed by atoms with E-state index in [0.29, 0.717) is 23.1 Å². The molecule has 3 aromatic carbocycles. The van der Waals surface area contributed by atoms with Crippen molar-refractivity contribution in [2.45, 2.75) is 38.6 Å². The van der Waals surface area contributed by atoms with Gasteiger partial charge in [0.15, 0.2) is 17.6 Å². The summed E-state index contributed by atoms with van der Waals surface area (Å²) in [5, 5.41) is 7.58. The Kier molecular flexibility index (Phi) is 5.01. The van der Waals surface area contributed by atoms with Crippen molar-refractivity contribution in [3.63, 3.8) is 0 Å². The van der Waals surface area contributed by atoms with E-state index in [2.05, 4.69) is 28.6 Å². The predicted molar refractivity (Wildman–Crippen MR) is 147 cm³/mol. The maximum atomic E-state index is 14.3. The van der Waals surface area contributed by atoms with Crippen LogP contribution < -0.4 is 15.2 Å². The highest BCUT2D eigenvalue weighted by atomic mass is 32.1. The highest BCUT2D eigenvalue weighted by Gasteiger charge is 2.53. The van der Waals surface area contributed by atoms with Crippen LogP contribution in [0.25, 0.3) is 32.6 Å². The average molecular weight is 504 g/mol. The lowest BCUT2D eigenvalue weighted by Crippen LogP contribution is -2.48. The molecule has 2 aliphatic rings. The molecule has 0 radical (unpaired) electrons. The van der Waals surface area contributed by atoms with Crippen LogP contribution in [-0.4, -0.2) is 47.2 Å². The molecule has 36 heavy (non-hydrogen) atoms. The van der Waals surface area contributed by atoms with Gasteiger partial charge in [-0.2, -0.15) is 0 Å². The Bertz CT molecular complexity index is 1640. The quantitative estimate of drug-likeness (QED) is 0.220. The normalized spacial score (nSPS) is 20.2. The molecule has 1 aromatic heterocycles. The number of benzene rings is 3. The highest BCUT2D eigenvalue weighted by Crippen LogP contribution is 2.51. The van der Waals surface area contributed by atoms with Gasteiger partial charge in [-0.05, 0) is 43.7 Å². The van der Waals surface area contributed by atoms with Crippen molar-refractivity contribution < 1.29 is 14.2 Å². The van der Waals surface area contributed by atoms with Gasteiger partial charge in [-0.25, -0.2) is 5.01 Å². The van der Waals surface area contributed by atoms with Crippen LogP contribution in [0.2, 0.25) is 0 Å². The van der Waals surface area contributed by atoms with E-state index in [1.54, 1.807) is 0 Å². The van der Waals surface area contributed by atoms with Gasteiger partial charge in [-0.3, -0.25) is 4.79 Å². The summed E-state index contributed by atoms with van der Waals surface area (Å²) in [6, 6.07) is 14.1. The van der Waals surface area contributed by atoms with Crippen molar-refractivity contribution in [2.24, 2.45) is 7.05 Å². The van der Waals surface area contributed by atoms with Gasteiger partial charge in [0, 0.05) is 51.4 Å². The molecule has 3 heterocycles. The van der Waals surface area contributed by atoms with E-state index < -0.39 is 17.8 Å². The standard InChI is InChI=1S/C28H29N3O4S/c1-7-31(29(4)5)19-14-20-22(25-26(28(2,3)35-20)34-27(36)33-25)23-21(19)24(32)17-12-15-10-8-9-11-16(15)13-18(17)30(23)6/h8-14,25-26H,7H2,1-6H3. The van der Waals surface area contributed by atoms with Crippen LogP contribution in [0, 0.1) is 0 Å². The number of fused-ring (bicyclic) bond motifs is 7. The molecule has 7 nitrogen and oxygen atoms in total. The predicted octanol–water partition coefficient (Wildman–Crippen LogP) is 5.06. The average Bonchev–Trinajstić information content (AvgIpc) is 3.23. The summed E-state index contributed by atoms with van der Waals surface area (Å²) >= 11 is 5.31. The Balaban J connectivity index is 1.82. The van der Waals surface area contributed by atoms with Crippen molar-refractivity contribution in [2.75, 3.05) is 25.6 Å². The molecular weight excluding hydrogens is 474 g/mol. The van der Waals surface area contributed by atoms with E-state index in [0.717, 1.165) is 33.1 Å². The number of aryl methyl sites for hydroxylation is 1. The van der Waals surface area contributed by atoms with Crippen LogP contribution in [0.5, 0.6) is 5.75 Å². The molecule has 1 saturated heterocycles. The molecule has 0 amide bonds. The fourth-order valence-electron chi connectivity index (χ4n) is 5.81. The number of ether oxygens (including phenoxy) is 3. The summed E-state index contributed by atoms with van der Waals surface area (Å²) < 4.78 is 20.6. The van der Waals surface area contributed by atoms with Crippen molar-refractivity contribution in [1.82, 2.24) is 9.58 Å². The lowest BCUT2D eigenvalue weighted by molar-refractivity contribution is -0.0478. The zero-order chi connectivity index (χ0) is 25.5. The molecule has 0 aliphatic carbocycles. The number of anilines is 1. The molecule has 0 spiro atoms. The second kappa shape index (κ2) is 7.82. The Morgan fingerprint density at radius 2 is 1.78 bits per heavy atom. The number of aromatic nitrogens is 1. The molecule has 2 unspecified atom stereocenters. The number of pyridine rings is 1. The molecule has 0 bridgehead atoms. The van der Waals surface area contributed by atoms with Gasteiger partial charge in [0.2, 0.25) is 0 Å². The fourth-order valence-corrected chi connectivity index (χ4v) is 6.02. The Hall–Kier alpha value is -3.36. The first kappa shape index (κ1) is 23.1. The van der Waals surface area contributed by atoms with E-state index in [4.69, 9.17) is 26.4 Å². The van der Waals surface area contributed by atoms with Crippen LogP contribution in [0.1, 0.15) is 32.4 Å². The maximum absolute atomic E-state index is 14.3. The molecule has 1 fully saturated rings. The Labute approximate surface area is 214 Å². The van der Waals surface area contributed by atoms with Crippen LogP contribution in [-0.2, 0) is 16.5 Å². The van der Waals surface area contributed by atoms with Gasteiger partial charge in [0.05, 0.1) is 27.7 Å². The Morgan fingerprint density at radius 3 is 2.44 bits per heavy atom. The third-order valence-corrected chi connectivity index (χ3v) is 7.63. The number of rotatable bonds is 3. The highest BCUT2D eigenvalue weighted by molar-refractivity contribution is 7.79. The van der Waals surface area contributed by atoms with Gasteiger partial charge in [-0.1, -0.05) is 24.3 Å². The monoisotopic (exact) mass is 503 g/mol. The second-order valence-electron chi connectivity index (χ2n) is 10.2. The zero-order valence-corrected chi connectivity index (χ0v) is 22.1. The van der Waals surface area contributed by atoms with Gasteiger partial charge >= 0.3 is 5.24 Å². The summed E-state index contributed by atoms with van der Waals surface area (Å²) in [5.41, 5.74) is 2.51. The van der Waals surface area contributed by atoms with Crippen molar-refractivity contribution >= 4 is 55.7 Å². The lowest BCUT2D eigenvalue weighted by atomic mass is 9.86. The smallest absolute Gasteiger partial charge is 0.353 e. The van der Waals surface area contributed by atoms with Crippen LogP contribution in [0.3, 0.4) is 0 Å². The van der Waals surface area contributed by atoms with E-state index in [9.17, 15) is 4.79 Å². The first-order chi connectivity index (χ1) is 17.1. The van der Waals surface area contributed by atoms with E-state index in [1.807, 2.05) is 70.3 Å². The summed E-state index contributed by atoms with van der Waals surface area (Å²) in [6.45, 7) is 6.70.